The molecule has 13 heavy (non-hydrogen) atoms. The second-order valence-corrected chi connectivity index (χ2v) is 3.42. The molecule has 0 atom stereocenters. The summed E-state index contributed by atoms with van der Waals surface area (Å²) in [7, 11) is 8.07. The number of halogens is 1. The summed E-state index contributed by atoms with van der Waals surface area (Å²) in [6.07, 6.45) is 0. The van der Waals surface area contributed by atoms with Crippen molar-refractivity contribution >= 4 is 23.4 Å². The quantitative estimate of drug-likeness (QED) is 0.633. The molecule has 0 aliphatic carbocycles. The first-order valence-electron chi connectivity index (χ1n) is 4.06. The molecule has 74 valence electrons. The van der Waals surface area contributed by atoms with E-state index in [9.17, 15) is 0 Å². The molecular formula is C10H17ClN2. The summed E-state index contributed by atoms with van der Waals surface area (Å²) in [6.45, 7) is 0. The summed E-state index contributed by atoms with van der Waals surface area (Å²) >= 11 is 0. The third-order valence-electron chi connectivity index (χ3n) is 1.62. The van der Waals surface area contributed by atoms with Crippen molar-refractivity contribution in [3.8, 4) is 0 Å². The van der Waals surface area contributed by atoms with Gasteiger partial charge in [0.1, 0.15) is 0 Å². The Kier molecular flexibility index (Phi) is 4.81. The Hall–Kier alpha value is -0.730. The van der Waals surface area contributed by atoms with Crippen molar-refractivity contribution in [2.75, 3.05) is 21.1 Å². The fraction of sp³-hybridized carbons (Fsp3) is 0.400. The summed E-state index contributed by atoms with van der Waals surface area (Å²) in [5.74, 6) is 0. The van der Waals surface area contributed by atoms with Crippen molar-refractivity contribution in [2.24, 2.45) is 7.05 Å². The van der Waals surface area contributed by atoms with Gasteiger partial charge in [0.2, 0.25) is 0 Å². The van der Waals surface area contributed by atoms with Crippen LogP contribution >= 0.6 is 12.4 Å². The molecule has 0 aliphatic rings. The van der Waals surface area contributed by atoms with E-state index in [0.29, 0.717) is 0 Å². The molecule has 3 heteroatoms. The number of fused-ring (bicyclic) bond motifs is 2. The average molecular weight is 201 g/mol. The smallest absolute Gasteiger partial charge is 0.0409 e. The Morgan fingerprint density at radius 1 is 0.923 bits per heavy atom. The average Bonchev–Trinajstić information content (AvgIpc) is 2.48. The lowest BCUT2D eigenvalue weighted by atomic mass is 10.4. The molecule has 0 radical (unpaired) electrons. The molecule has 2 bridgehead atoms. The maximum Gasteiger partial charge on any atom is 0.0409 e. The Morgan fingerprint density at radius 2 is 1.15 bits per heavy atom. The van der Waals surface area contributed by atoms with Crippen LogP contribution in [-0.2, 0) is 7.05 Å². The van der Waals surface area contributed by atoms with Gasteiger partial charge in [-0.1, -0.05) is 0 Å². The van der Waals surface area contributed by atoms with E-state index in [0.717, 1.165) is 0 Å². The van der Waals surface area contributed by atoms with E-state index in [1.165, 1.54) is 11.0 Å². The molecule has 0 spiro atoms. The molecule has 0 N–H and O–H groups in total. The third-order valence-corrected chi connectivity index (χ3v) is 1.62. The van der Waals surface area contributed by atoms with Gasteiger partial charge < -0.3 is 9.47 Å². The molecule has 2 nitrogen and oxygen atoms in total. The largest absolute Gasteiger partial charge is 0.345 e. The van der Waals surface area contributed by atoms with E-state index in [4.69, 9.17) is 0 Å². The van der Waals surface area contributed by atoms with E-state index >= 15 is 0 Å². The van der Waals surface area contributed by atoms with Crippen LogP contribution in [0.1, 0.15) is 0 Å². The molecule has 0 saturated heterocycles. The van der Waals surface area contributed by atoms with E-state index in [1.54, 1.807) is 0 Å². The first kappa shape index (κ1) is 12.3. The van der Waals surface area contributed by atoms with Crippen LogP contribution in [0, 0.1) is 0 Å². The normalized spacial score (nSPS) is 9.62. The van der Waals surface area contributed by atoms with E-state index in [1.807, 2.05) is 26.0 Å². The molecular weight excluding hydrogens is 184 g/mol. The van der Waals surface area contributed by atoms with Gasteiger partial charge in [-0.15, -0.1) is 12.4 Å². The Morgan fingerprint density at radius 3 is 1.23 bits per heavy atom. The van der Waals surface area contributed by atoms with Crippen molar-refractivity contribution in [1.29, 1.82) is 0 Å². The van der Waals surface area contributed by atoms with Crippen molar-refractivity contribution in [2.45, 2.75) is 0 Å². The lowest BCUT2D eigenvalue weighted by Gasteiger charge is -1.90. The zero-order valence-electron chi connectivity index (χ0n) is 8.61. The van der Waals surface area contributed by atoms with Gasteiger partial charge >= 0.3 is 0 Å². The van der Waals surface area contributed by atoms with Gasteiger partial charge in [-0.3, -0.25) is 0 Å². The molecule has 2 rings (SSSR count). The Labute approximate surface area is 85.9 Å². The minimum absolute atomic E-state index is 0. The number of aryl methyl sites for hydroxylation is 1. The highest BCUT2D eigenvalue weighted by molar-refractivity contribution is 5.85. The minimum Gasteiger partial charge on any atom is -0.345 e. The highest BCUT2D eigenvalue weighted by atomic mass is 35.5. The second-order valence-electron chi connectivity index (χ2n) is 3.42. The van der Waals surface area contributed by atoms with Gasteiger partial charge in [0.05, 0.1) is 0 Å². The van der Waals surface area contributed by atoms with Gasteiger partial charge in [-0.2, -0.15) is 0 Å². The van der Waals surface area contributed by atoms with Crippen LogP contribution in [0.2, 0.25) is 0 Å². The minimum atomic E-state index is 0. The van der Waals surface area contributed by atoms with E-state index < -0.39 is 0 Å². The van der Waals surface area contributed by atoms with Gasteiger partial charge in [0.25, 0.3) is 0 Å². The van der Waals surface area contributed by atoms with Gasteiger partial charge in [0.15, 0.2) is 0 Å². The number of nitrogens with zero attached hydrogens (tertiary/aromatic N) is 2. The molecule has 2 aromatic rings. The molecule has 0 amide bonds. The summed E-state index contributed by atoms with van der Waals surface area (Å²) in [5, 5.41) is 0. The van der Waals surface area contributed by atoms with Crippen LogP contribution < -0.4 is 0 Å². The standard InChI is InChI=1S/C7H7N.C3H9N.ClH/c1-8-6-2-3-7(8)5-4-6;1-4(2)3;/h2-5H,1H3;1-3H3;1H. The highest BCUT2D eigenvalue weighted by Gasteiger charge is 1.95. The van der Waals surface area contributed by atoms with E-state index in [2.05, 4.69) is 35.9 Å². The zero-order valence-corrected chi connectivity index (χ0v) is 9.43. The van der Waals surface area contributed by atoms with Crippen LogP contribution in [0.3, 0.4) is 0 Å². The Balaban J connectivity index is 0.000000256. The number of rotatable bonds is 0. The molecule has 0 unspecified atom stereocenters. The van der Waals surface area contributed by atoms with Crippen molar-refractivity contribution in [1.82, 2.24) is 9.47 Å². The molecule has 2 heterocycles. The molecule has 0 aliphatic heterocycles. The summed E-state index contributed by atoms with van der Waals surface area (Å²) in [5.41, 5.74) is 2.61. The van der Waals surface area contributed by atoms with Crippen LogP contribution in [0.4, 0.5) is 0 Å². The molecule has 0 saturated carbocycles. The van der Waals surface area contributed by atoms with Gasteiger partial charge in [0, 0.05) is 18.1 Å². The van der Waals surface area contributed by atoms with Crippen molar-refractivity contribution in [3.05, 3.63) is 24.3 Å². The topological polar surface area (TPSA) is 8.17 Å². The van der Waals surface area contributed by atoms with Crippen LogP contribution in [0.25, 0.3) is 11.0 Å². The van der Waals surface area contributed by atoms with Crippen LogP contribution in [-0.4, -0.2) is 30.6 Å². The number of hydrogen-bond donors (Lipinski definition) is 0. The van der Waals surface area contributed by atoms with Crippen molar-refractivity contribution in [3.63, 3.8) is 0 Å². The number of hydrogen-bond acceptors (Lipinski definition) is 1. The SMILES string of the molecule is CN(C)C.Cl.Cn1c2ccc1cc2. The predicted octanol–water partition coefficient (Wildman–Crippen LogP) is 2.22. The maximum absolute atomic E-state index is 2.17. The first-order valence-corrected chi connectivity index (χ1v) is 4.06. The highest BCUT2D eigenvalue weighted by Crippen LogP contribution is 2.13. The van der Waals surface area contributed by atoms with Crippen LogP contribution in [0.15, 0.2) is 24.3 Å². The van der Waals surface area contributed by atoms with Gasteiger partial charge in [-0.05, 0) is 45.4 Å². The Bertz CT molecular complexity index is 276. The molecule has 0 fully saturated rings. The lowest BCUT2D eigenvalue weighted by molar-refractivity contribution is 0.505. The lowest BCUT2D eigenvalue weighted by Crippen LogP contribution is -1.99. The fourth-order valence-corrected chi connectivity index (χ4v) is 1.05. The first-order chi connectivity index (χ1) is 5.61. The second kappa shape index (κ2) is 5.10. The fourth-order valence-electron chi connectivity index (χ4n) is 1.05. The van der Waals surface area contributed by atoms with Gasteiger partial charge in [-0.25, -0.2) is 0 Å². The predicted molar refractivity (Wildman–Crippen MR) is 61.0 cm³/mol. The third kappa shape index (κ3) is 3.25. The monoisotopic (exact) mass is 200 g/mol. The number of benzene rings is 1. The summed E-state index contributed by atoms with van der Waals surface area (Å²) in [4.78, 5) is 2.00. The molecule has 0 aromatic carbocycles. The maximum atomic E-state index is 2.17. The zero-order chi connectivity index (χ0) is 9.14. The number of aromatic nitrogens is 1. The van der Waals surface area contributed by atoms with Crippen LogP contribution in [0.5, 0.6) is 0 Å². The summed E-state index contributed by atoms with van der Waals surface area (Å²) < 4.78 is 2.17. The molecule has 2 aromatic heterocycles. The summed E-state index contributed by atoms with van der Waals surface area (Å²) in [6, 6.07) is 8.48. The van der Waals surface area contributed by atoms with E-state index in [-0.39, 0.29) is 12.4 Å². The van der Waals surface area contributed by atoms with Crippen molar-refractivity contribution < 1.29 is 0 Å².